The molecule has 1 N–H and O–H groups in total. The normalized spacial score (nSPS) is 16.2. The van der Waals surface area contributed by atoms with Gasteiger partial charge in [-0.25, -0.2) is 8.42 Å². The zero-order valence-corrected chi connectivity index (χ0v) is 15.4. The van der Waals surface area contributed by atoms with E-state index in [4.69, 9.17) is 4.74 Å². The summed E-state index contributed by atoms with van der Waals surface area (Å²) in [5.41, 5.74) is 0.797. The summed E-state index contributed by atoms with van der Waals surface area (Å²) in [7, 11) is -3.62. The molecule has 0 fully saturated rings. The number of carbonyl (C=O) groups excluding carboxylic acids is 1. The number of ether oxygens (including phenoxy) is 1. The lowest BCUT2D eigenvalue weighted by Crippen LogP contribution is -2.48. The van der Waals surface area contributed by atoms with Crippen LogP contribution in [0.15, 0.2) is 42.5 Å². The third kappa shape index (κ3) is 3.70. The monoisotopic (exact) mass is 391 g/mol. The Balaban J connectivity index is 1.89. The Hall–Kier alpha value is -3.14. The maximum absolute atomic E-state index is 12.7. The molecule has 3 rings (SSSR count). The largest absolute Gasteiger partial charge is 0.476 e. The summed E-state index contributed by atoms with van der Waals surface area (Å²) in [5, 5.41) is 13.6. The first-order valence-electron chi connectivity index (χ1n) is 7.96. The predicted molar refractivity (Wildman–Crippen MR) is 99.5 cm³/mol. The lowest BCUT2D eigenvalue weighted by Gasteiger charge is -2.33. The van der Waals surface area contributed by atoms with Gasteiger partial charge >= 0.3 is 0 Å². The first-order chi connectivity index (χ1) is 12.7. The number of amides is 1. The lowest BCUT2D eigenvalue weighted by atomic mass is 10.1. The number of fused-ring (bicyclic) bond motifs is 1. The van der Waals surface area contributed by atoms with Gasteiger partial charge in [-0.2, -0.15) is 0 Å². The van der Waals surface area contributed by atoms with Gasteiger partial charge in [0.05, 0.1) is 34.7 Å². The van der Waals surface area contributed by atoms with Crippen LogP contribution in [0.4, 0.5) is 17.1 Å². The molecule has 0 saturated carbocycles. The topological polar surface area (TPSA) is 119 Å². The average Bonchev–Trinajstić information content (AvgIpc) is 2.61. The Morgan fingerprint density at radius 2 is 1.96 bits per heavy atom. The van der Waals surface area contributed by atoms with E-state index in [2.05, 4.69) is 5.32 Å². The van der Waals surface area contributed by atoms with Crippen LogP contribution in [0.25, 0.3) is 0 Å². The Morgan fingerprint density at radius 1 is 1.26 bits per heavy atom. The molecule has 0 aromatic heterocycles. The van der Waals surface area contributed by atoms with Crippen LogP contribution in [-0.4, -0.2) is 38.2 Å². The fraction of sp³-hybridized carbons (Fsp3) is 0.235. The van der Waals surface area contributed by atoms with Gasteiger partial charge in [-0.05, 0) is 25.1 Å². The second-order valence-electron chi connectivity index (χ2n) is 6.06. The summed E-state index contributed by atoms with van der Waals surface area (Å²) < 4.78 is 31.0. The number of para-hydroxylation sites is 2. The summed E-state index contributed by atoms with van der Waals surface area (Å²) >= 11 is 0. The van der Waals surface area contributed by atoms with Crippen molar-refractivity contribution in [3.05, 3.63) is 58.1 Å². The van der Waals surface area contributed by atoms with Crippen molar-refractivity contribution >= 4 is 33.0 Å². The van der Waals surface area contributed by atoms with Crippen molar-refractivity contribution in [2.24, 2.45) is 0 Å². The fourth-order valence-electron chi connectivity index (χ4n) is 2.82. The smallest absolute Gasteiger partial charge is 0.274 e. The highest BCUT2D eigenvalue weighted by Gasteiger charge is 2.35. The number of sulfonamides is 1. The minimum absolute atomic E-state index is 0.125. The third-order valence-corrected chi connectivity index (χ3v) is 5.33. The Morgan fingerprint density at radius 3 is 2.63 bits per heavy atom. The standard InChI is InChI=1S/C17H17N3O6S/c1-11-12(6-5-8-13(11)20(22)23)18-17(21)16-10-19(27(2,24)25)14-7-3-4-9-15(14)26-16/h3-9,16H,10H2,1-2H3,(H,18,21)/t16-/m0/s1. The molecule has 1 heterocycles. The molecule has 0 spiro atoms. The van der Waals surface area contributed by atoms with Gasteiger partial charge in [0.15, 0.2) is 6.10 Å². The van der Waals surface area contributed by atoms with Crippen molar-refractivity contribution in [1.29, 1.82) is 0 Å². The number of nitro groups is 1. The summed E-state index contributed by atoms with van der Waals surface area (Å²) in [4.78, 5) is 23.2. The highest BCUT2D eigenvalue weighted by Crippen LogP contribution is 2.35. The molecule has 2 aromatic carbocycles. The Kier molecular flexibility index (Phi) is 4.75. The van der Waals surface area contributed by atoms with E-state index in [9.17, 15) is 23.3 Å². The molecule has 9 nitrogen and oxygen atoms in total. The molecule has 1 amide bonds. The molecule has 0 saturated heterocycles. The van der Waals surface area contributed by atoms with E-state index in [-0.39, 0.29) is 23.7 Å². The maximum atomic E-state index is 12.7. The number of nitrogens with one attached hydrogen (secondary N) is 1. The first kappa shape index (κ1) is 18.6. The van der Waals surface area contributed by atoms with Crippen LogP contribution in [0.5, 0.6) is 5.75 Å². The van der Waals surface area contributed by atoms with Gasteiger partial charge in [0.25, 0.3) is 11.6 Å². The van der Waals surface area contributed by atoms with E-state index in [0.29, 0.717) is 11.3 Å². The summed E-state index contributed by atoms with van der Waals surface area (Å²) in [6.07, 6.45) is -0.0531. The number of hydrogen-bond donors (Lipinski definition) is 1. The summed E-state index contributed by atoms with van der Waals surface area (Å²) in [5.74, 6) is -0.327. The van der Waals surface area contributed by atoms with Gasteiger partial charge < -0.3 is 10.1 Å². The second kappa shape index (κ2) is 6.88. The second-order valence-corrected chi connectivity index (χ2v) is 7.97. The molecular formula is C17H17N3O6S. The van der Waals surface area contributed by atoms with Crippen LogP contribution in [0.3, 0.4) is 0 Å². The zero-order chi connectivity index (χ0) is 19.8. The molecule has 1 atom stereocenters. The lowest BCUT2D eigenvalue weighted by molar-refractivity contribution is -0.385. The van der Waals surface area contributed by atoms with Gasteiger partial charge in [-0.15, -0.1) is 0 Å². The summed E-state index contributed by atoms with van der Waals surface area (Å²) in [6, 6.07) is 10.8. The van der Waals surface area contributed by atoms with Gasteiger partial charge in [0, 0.05) is 6.07 Å². The SMILES string of the molecule is Cc1c(NC(=O)[C@@H]2CN(S(C)(=O)=O)c3ccccc3O2)cccc1[N+](=O)[O-]. The van der Waals surface area contributed by atoms with Crippen LogP contribution in [0.2, 0.25) is 0 Å². The molecule has 1 aliphatic rings. The number of nitrogens with zero attached hydrogens (tertiary/aromatic N) is 2. The molecule has 142 valence electrons. The van der Waals surface area contributed by atoms with Crippen LogP contribution in [0.1, 0.15) is 5.56 Å². The van der Waals surface area contributed by atoms with Gasteiger partial charge in [-0.1, -0.05) is 18.2 Å². The number of hydrogen-bond acceptors (Lipinski definition) is 6. The van der Waals surface area contributed by atoms with E-state index in [1.54, 1.807) is 24.3 Å². The number of benzene rings is 2. The van der Waals surface area contributed by atoms with E-state index in [1.807, 2.05) is 0 Å². The van der Waals surface area contributed by atoms with Crippen molar-refractivity contribution in [1.82, 2.24) is 0 Å². The van der Waals surface area contributed by atoms with Crippen LogP contribution >= 0.6 is 0 Å². The summed E-state index contributed by atoms with van der Waals surface area (Å²) in [6.45, 7) is 1.32. The van der Waals surface area contributed by atoms with E-state index in [0.717, 1.165) is 10.6 Å². The van der Waals surface area contributed by atoms with Crippen molar-refractivity contribution in [3.8, 4) is 5.75 Å². The molecule has 2 aromatic rings. The molecule has 0 unspecified atom stereocenters. The van der Waals surface area contributed by atoms with Crippen molar-refractivity contribution < 1.29 is 22.9 Å². The number of anilines is 2. The Labute approximate surface area is 155 Å². The number of carbonyl (C=O) groups is 1. The highest BCUT2D eigenvalue weighted by molar-refractivity contribution is 7.92. The molecule has 10 heteroatoms. The predicted octanol–water partition coefficient (Wildman–Crippen LogP) is 2.07. The van der Waals surface area contributed by atoms with Gasteiger partial charge in [0.2, 0.25) is 10.0 Å². The molecule has 1 aliphatic heterocycles. The van der Waals surface area contributed by atoms with Crippen LogP contribution in [0, 0.1) is 17.0 Å². The maximum Gasteiger partial charge on any atom is 0.274 e. The molecule has 0 radical (unpaired) electrons. The van der Waals surface area contributed by atoms with Crippen molar-refractivity contribution in [2.75, 3.05) is 22.4 Å². The highest BCUT2D eigenvalue weighted by atomic mass is 32.2. The first-order valence-corrected chi connectivity index (χ1v) is 9.81. The minimum Gasteiger partial charge on any atom is -0.476 e. The fourth-order valence-corrected chi connectivity index (χ4v) is 3.74. The van der Waals surface area contributed by atoms with Crippen molar-refractivity contribution in [2.45, 2.75) is 13.0 Å². The quantitative estimate of drug-likeness (QED) is 0.629. The van der Waals surface area contributed by atoms with Crippen LogP contribution in [-0.2, 0) is 14.8 Å². The van der Waals surface area contributed by atoms with E-state index >= 15 is 0 Å². The minimum atomic E-state index is -3.62. The Bertz CT molecular complexity index is 1020. The van der Waals surface area contributed by atoms with Crippen molar-refractivity contribution in [3.63, 3.8) is 0 Å². The van der Waals surface area contributed by atoms with Gasteiger partial charge in [0.1, 0.15) is 5.75 Å². The molecule has 0 aliphatic carbocycles. The molecule has 27 heavy (non-hydrogen) atoms. The zero-order valence-electron chi connectivity index (χ0n) is 14.6. The van der Waals surface area contributed by atoms with Gasteiger partial charge in [-0.3, -0.25) is 19.2 Å². The third-order valence-electron chi connectivity index (χ3n) is 4.19. The van der Waals surface area contributed by atoms with Crippen LogP contribution < -0.4 is 14.4 Å². The number of rotatable bonds is 4. The molecule has 0 bridgehead atoms. The number of nitro benzene ring substituents is 1. The molecular weight excluding hydrogens is 374 g/mol. The van der Waals surface area contributed by atoms with E-state index in [1.165, 1.54) is 25.1 Å². The average molecular weight is 391 g/mol. The van der Waals surface area contributed by atoms with E-state index < -0.39 is 27.0 Å².